The van der Waals surface area contributed by atoms with Gasteiger partial charge in [-0.25, -0.2) is 4.39 Å². The molecular formula is C18H18ClFN2O2S. The summed E-state index contributed by atoms with van der Waals surface area (Å²) < 4.78 is 12.8. The molecule has 7 heteroatoms. The summed E-state index contributed by atoms with van der Waals surface area (Å²) in [5.74, 6) is -0.719. The molecule has 0 aromatic heterocycles. The second-order valence-corrected chi connectivity index (χ2v) is 7.20. The molecule has 1 unspecified atom stereocenters. The van der Waals surface area contributed by atoms with Crippen molar-refractivity contribution in [2.75, 3.05) is 16.4 Å². The third kappa shape index (κ3) is 6.07. The Hall–Kier alpha value is -2.05. The molecule has 0 radical (unpaired) electrons. The number of amides is 2. The maximum Gasteiger partial charge on any atom is 0.237 e. The van der Waals surface area contributed by atoms with Gasteiger partial charge in [0, 0.05) is 16.4 Å². The molecule has 0 heterocycles. The smallest absolute Gasteiger partial charge is 0.237 e. The van der Waals surface area contributed by atoms with E-state index in [2.05, 4.69) is 10.6 Å². The van der Waals surface area contributed by atoms with Gasteiger partial charge in [-0.2, -0.15) is 0 Å². The standard InChI is InChI=1S/C18H18ClFN2O2S/c1-11-3-6-15(9-16(11)19)22-18(24)12(2)25-10-17(23)21-14-7-4-13(20)5-8-14/h3-9,12H,10H2,1-2H3,(H,21,23)(H,22,24). The third-order valence-corrected chi connectivity index (χ3v) is 4.95. The molecule has 0 aliphatic carbocycles. The first kappa shape index (κ1) is 19.3. The van der Waals surface area contributed by atoms with Gasteiger partial charge in [0.2, 0.25) is 11.8 Å². The van der Waals surface area contributed by atoms with Gasteiger partial charge in [-0.15, -0.1) is 11.8 Å². The number of anilines is 2. The van der Waals surface area contributed by atoms with Crippen LogP contribution in [0.2, 0.25) is 5.02 Å². The molecule has 2 amide bonds. The van der Waals surface area contributed by atoms with Crippen molar-refractivity contribution in [1.29, 1.82) is 0 Å². The molecule has 0 bridgehead atoms. The topological polar surface area (TPSA) is 58.2 Å². The monoisotopic (exact) mass is 380 g/mol. The van der Waals surface area contributed by atoms with E-state index < -0.39 is 5.25 Å². The first-order valence-corrected chi connectivity index (χ1v) is 9.02. The second kappa shape index (κ2) is 8.87. The van der Waals surface area contributed by atoms with Gasteiger partial charge in [-0.3, -0.25) is 9.59 Å². The Labute approximate surface area is 155 Å². The lowest BCUT2D eigenvalue weighted by atomic mass is 10.2. The Balaban J connectivity index is 1.81. The van der Waals surface area contributed by atoms with Crippen LogP contribution < -0.4 is 10.6 Å². The molecule has 25 heavy (non-hydrogen) atoms. The fraction of sp³-hybridized carbons (Fsp3) is 0.222. The maximum absolute atomic E-state index is 12.8. The van der Waals surface area contributed by atoms with E-state index in [0.717, 1.165) is 5.56 Å². The third-order valence-electron chi connectivity index (χ3n) is 3.40. The van der Waals surface area contributed by atoms with Crippen LogP contribution in [0.4, 0.5) is 15.8 Å². The summed E-state index contributed by atoms with van der Waals surface area (Å²) in [6.07, 6.45) is 0. The summed E-state index contributed by atoms with van der Waals surface area (Å²) in [5.41, 5.74) is 2.06. The molecule has 0 spiro atoms. The largest absolute Gasteiger partial charge is 0.325 e. The van der Waals surface area contributed by atoms with E-state index in [1.165, 1.54) is 36.0 Å². The van der Waals surface area contributed by atoms with Gasteiger partial charge in [0.25, 0.3) is 0 Å². The fourth-order valence-electron chi connectivity index (χ4n) is 1.92. The van der Waals surface area contributed by atoms with E-state index in [9.17, 15) is 14.0 Å². The van der Waals surface area contributed by atoms with Crippen molar-refractivity contribution in [2.45, 2.75) is 19.1 Å². The summed E-state index contributed by atoms with van der Waals surface area (Å²) in [7, 11) is 0. The molecule has 4 nitrogen and oxygen atoms in total. The van der Waals surface area contributed by atoms with Gasteiger partial charge in [0.15, 0.2) is 0 Å². The van der Waals surface area contributed by atoms with E-state index in [1.54, 1.807) is 19.1 Å². The van der Waals surface area contributed by atoms with Crippen LogP contribution in [0.5, 0.6) is 0 Å². The zero-order valence-electron chi connectivity index (χ0n) is 13.8. The number of carbonyl (C=O) groups is 2. The number of nitrogens with one attached hydrogen (secondary N) is 2. The predicted molar refractivity (Wildman–Crippen MR) is 102 cm³/mol. The van der Waals surface area contributed by atoms with E-state index in [-0.39, 0.29) is 23.4 Å². The summed E-state index contributed by atoms with van der Waals surface area (Å²) in [5, 5.41) is 5.59. The molecule has 2 N–H and O–H groups in total. The lowest BCUT2D eigenvalue weighted by Crippen LogP contribution is -2.25. The van der Waals surface area contributed by atoms with Gasteiger partial charge < -0.3 is 10.6 Å². The van der Waals surface area contributed by atoms with Crippen LogP contribution in [0.1, 0.15) is 12.5 Å². The molecule has 1 atom stereocenters. The minimum Gasteiger partial charge on any atom is -0.325 e. The van der Waals surface area contributed by atoms with E-state index in [1.807, 2.05) is 13.0 Å². The molecule has 0 aliphatic heterocycles. The van der Waals surface area contributed by atoms with Gasteiger partial charge in [-0.1, -0.05) is 17.7 Å². The Morgan fingerprint density at radius 1 is 1.12 bits per heavy atom. The average Bonchev–Trinajstić information content (AvgIpc) is 2.58. The number of carbonyl (C=O) groups excluding carboxylic acids is 2. The number of halogens is 2. The highest BCUT2D eigenvalue weighted by Crippen LogP contribution is 2.21. The highest BCUT2D eigenvalue weighted by atomic mass is 35.5. The fourth-order valence-corrected chi connectivity index (χ4v) is 2.79. The Kier molecular flexibility index (Phi) is 6.84. The normalized spacial score (nSPS) is 11.7. The minimum absolute atomic E-state index is 0.112. The van der Waals surface area contributed by atoms with Crippen molar-refractivity contribution in [1.82, 2.24) is 0 Å². The lowest BCUT2D eigenvalue weighted by Gasteiger charge is -2.13. The van der Waals surface area contributed by atoms with E-state index >= 15 is 0 Å². The lowest BCUT2D eigenvalue weighted by molar-refractivity contribution is -0.115. The molecule has 132 valence electrons. The zero-order chi connectivity index (χ0) is 18.4. The van der Waals surface area contributed by atoms with Crippen LogP contribution in [-0.2, 0) is 9.59 Å². The molecule has 0 aliphatic rings. The molecule has 2 aromatic carbocycles. The van der Waals surface area contributed by atoms with Crippen molar-refractivity contribution in [3.63, 3.8) is 0 Å². The van der Waals surface area contributed by atoms with E-state index in [4.69, 9.17) is 11.6 Å². The predicted octanol–water partition coefficient (Wildman–Crippen LogP) is 4.49. The SMILES string of the molecule is Cc1ccc(NC(=O)C(C)SCC(=O)Nc2ccc(F)cc2)cc1Cl. The molecule has 0 saturated carbocycles. The van der Waals surface area contributed by atoms with Crippen LogP contribution in [0.25, 0.3) is 0 Å². The summed E-state index contributed by atoms with van der Waals surface area (Å²) in [6, 6.07) is 10.8. The summed E-state index contributed by atoms with van der Waals surface area (Å²) >= 11 is 7.24. The van der Waals surface area contributed by atoms with Crippen molar-refractivity contribution in [3.05, 3.63) is 58.9 Å². The number of hydrogen-bond acceptors (Lipinski definition) is 3. The highest BCUT2D eigenvalue weighted by molar-refractivity contribution is 8.01. The molecule has 0 fully saturated rings. The average molecular weight is 381 g/mol. The summed E-state index contributed by atoms with van der Waals surface area (Å²) in [6.45, 7) is 3.60. The number of hydrogen-bond donors (Lipinski definition) is 2. The number of rotatable bonds is 6. The minimum atomic E-state index is -0.418. The van der Waals surface area contributed by atoms with Gasteiger partial charge in [0.05, 0.1) is 11.0 Å². The molecule has 2 aromatic rings. The van der Waals surface area contributed by atoms with Gasteiger partial charge in [-0.05, 0) is 55.8 Å². The zero-order valence-corrected chi connectivity index (χ0v) is 15.4. The summed E-state index contributed by atoms with van der Waals surface area (Å²) in [4.78, 5) is 24.1. The number of aryl methyl sites for hydroxylation is 1. The van der Waals surface area contributed by atoms with Crippen molar-refractivity contribution in [3.8, 4) is 0 Å². The molecular weight excluding hydrogens is 363 g/mol. The first-order chi connectivity index (χ1) is 11.8. The maximum atomic E-state index is 12.8. The second-order valence-electron chi connectivity index (χ2n) is 5.46. The van der Waals surface area contributed by atoms with Gasteiger partial charge in [0.1, 0.15) is 5.82 Å². The van der Waals surface area contributed by atoms with Crippen LogP contribution >= 0.6 is 23.4 Å². The van der Waals surface area contributed by atoms with Crippen LogP contribution in [0, 0.1) is 12.7 Å². The van der Waals surface area contributed by atoms with E-state index in [0.29, 0.717) is 16.4 Å². The van der Waals surface area contributed by atoms with Crippen LogP contribution in [0.15, 0.2) is 42.5 Å². The quantitative estimate of drug-likeness (QED) is 0.776. The van der Waals surface area contributed by atoms with Crippen molar-refractivity contribution < 1.29 is 14.0 Å². The molecule has 2 rings (SSSR count). The van der Waals surface area contributed by atoms with Crippen molar-refractivity contribution >= 4 is 46.6 Å². The first-order valence-electron chi connectivity index (χ1n) is 7.59. The number of thioether (sulfide) groups is 1. The van der Waals surface area contributed by atoms with Crippen LogP contribution in [0.3, 0.4) is 0 Å². The Morgan fingerprint density at radius 3 is 2.40 bits per heavy atom. The van der Waals surface area contributed by atoms with Crippen molar-refractivity contribution in [2.24, 2.45) is 0 Å². The highest BCUT2D eigenvalue weighted by Gasteiger charge is 2.16. The van der Waals surface area contributed by atoms with Gasteiger partial charge >= 0.3 is 0 Å². The number of benzene rings is 2. The molecule has 0 saturated heterocycles. The Morgan fingerprint density at radius 2 is 1.76 bits per heavy atom. The van der Waals surface area contributed by atoms with Crippen LogP contribution in [-0.4, -0.2) is 22.8 Å². The Bertz CT molecular complexity index is 768.